The van der Waals surface area contributed by atoms with Gasteiger partial charge in [-0.3, -0.25) is 0 Å². The third kappa shape index (κ3) is 1.05. The summed E-state index contributed by atoms with van der Waals surface area (Å²) in [7, 11) is 0. The van der Waals surface area contributed by atoms with Gasteiger partial charge in [-0.25, -0.2) is 4.79 Å². The van der Waals surface area contributed by atoms with Crippen LogP contribution in [0.1, 0.15) is 10.4 Å². The van der Waals surface area contributed by atoms with Crippen molar-refractivity contribution in [2.24, 2.45) is 0 Å². The van der Waals surface area contributed by atoms with Gasteiger partial charge >= 0.3 is 5.97 Å². The standard InChI is InChI=1S/C16H8O4/c17-16-10-6-12-15(19-7-18-12)14-9-4-2-1-3-8(9)5-11(20-16)13(10)14/h1-6H,7H2. The monoisotopic (exact) mass is 264 g/mol. The molecule has 2 heterocycles. The van der Waals surface area contributed by atoms with E-state index in [-0.39, 0.29) is 12.8 Å². The Balaban J connectivity index is 2.13. The second-order valence-corrected chi connectivity index (χ2v) is 4.89. The highest BCUT2D eigenvalue weighted by atomic mass is 16.7. The molecule has 5 rings (SSSR count). The Morgan fingerprint density at radius 1 is 0.950 bits per heavy atom. The second-order valence-electron chi connectivity index (χ2n) is 4.89. The van der Waals surface area contributed by atoms with Gasteiger partial charge in [-0.1, -0.05) is 24.3 Å². The normalized spacial score (nSPS) is 15.1. The van der Waals surface area contributed by atoms with E-state index in [2.05, 4.69) is 0 Å². The molecule has 0 aliphatic carbocycles. The summed E-state index contributed by atoms with van der Waals surface area (Å²) < 4.78 is 16.4. The van der Waals surface area contributed by atoms with Gasteiger partial charge in [0.1, 0.15) is 5.75 Å². The second kappa shape index (κ2) is 3.22. The number of hydrogen-bond donors (Lipinski definition) is 0. The van der Waals surface area contributed by atoms with E-state index < -0.39 is 0 Å². The van der Waals surface area contributed by atoms with E-state index >= 15 is 0 Å². The fourth-order valence-corrected chi connectivity index (χ4v) is 3.02. The molecule has 3 aromatic rings. The van der Waals surface area contributed by atoms with E-state index in [0.29, 0.717) is 22.8 Å². The number of carbonyl (C=O) groups excluding carboxylic acids is 1. The topological polar surface area (TPSA) is 44.8 Å². The lowest BCUT2D eigenvalue weighted by Gasteiger charge is -2.07. The van der Waals surface area contributed by atoms with Crippen LogP contribution >= 0.6 is 0 Å². The van der Waals surface area contributed by atoms with Crippen LogP contribution in [-0.2, 0) is 0 Å². The Kier molecular flexibility index (Phi) is 1.62. The van der Waals surface area contributed by atoms with Crippen LogP contribution in [0.5, 0.6) is 17.2 Å². The molecular formula is C16H8O4. The maximum Gasteiger partial charge on any atom is 0.344 e. The Bertz CT molecular complexity index is 927. The van der Waals surface area contributed by atoms with E-state index in [9.17, 15) is 4.79 Å². The lowest BCUT2D eigenvalue weighted by molar-refractivity contribution is 0.0753. The first-order valence-corrected chi connectivity index (χ1v) is 6.33. The molecule has 0 saturated carbocycles. The lowest BCUT2D eigenvalue weighted by Crippen LogP contribution is -2.00. The zero-order valence-electron chi connectivity index (χ0n) is 10.3. The molecule has 4 nitrogen and oxygen atoms in total. The molecule has 96 valence electrons. The summed E-state index contributed by atoms with van der Waals surface area (Å²) >= 11 is 0. The van der Waals surface area contributed by atoms with Crippen LogP contribution in [0.3, 0.4) is 0 Å². The molecule has 0 bridgehead atoms. The number of ether oxygens (including phenoxy) is 3. The maximum atomic E-state index is 12.0. The fourth-order valence-electron chi connectivity index (χ4n) is 3.02. The van der Waals surface area contributed by atoms with Gasteiger partial charge in [-0.05, 0) is 22.9 Å². The predicted octanol–water partition coefficient (Wildman–Crippen LogP) is 3.25. The van der Waals surface area contributed by atoms with Crippen molar-refractivity contribution in [2.45, 2.75) is 0 Å². The van der Waals surface area contributed by atoms with Gasteiger partial charge < -0.3 is 14.2 Å². The molecular weight excluding hydrogens is 256 g/mol. The summed E-state index contributed by atoms with van der Waals surface area (Å²) in [5.74, 6) is 1.56. The van der Waals surface area contributed by atoms with E-state index in [1.165, 1.54) is 0 Å². The van der Waals surface area contributed by atoms with Gasteiger partial charge in [0, 0.05) is 10.8 Å². The van der Waals surface area contributed by atoms with Crippen LogP contribution in [0.4, 0.5) is 0 Å². The minimum atomic E-state index is -0.335. The summed E-state index contributed by atoms with van der Waals surface area (Å²) in [6.07, 6.45) is 0. The van der Waals surface area contributed by atoms with Gasteiger partial charge in [0.2, 0.25) is 6.79 Å². The number of esters is 1. The number of rotatable bonds is 0. The smallest absolute Gasteiger partial charge is 0.344 e. The zero-order chi connectivity index (χ0) is 13.3. The van der Waals surface area contributed by atoms with Crippen LogP contribution in [0, 0.1) is 0 Å². The first kappa shape index (κ1) is 10.1. The maximum absolute atomic E-state index is 12.0. The largest absolute Gasteiger partial charge is 0.454 e. The highest BCUT2D eigenvalue weighted by Crippen LogP contribution is 2.49. The number of fused-ring (bicyclic) bond motifs is 4. The van der Waals surface area contributed by atoms with Gasteiger partial charge in [-0.15, -0.1) is 0 Å². The van der Waals surface area contributed by atoms with Crippen LogP contribution in [0.15, 0.2) is 36.4 Å². The summed E-state index contributed by atoms with van der Waals surface area (Å²) in [6.45, 7) is 0.182. The number of carbonyl (C=O) groups is 1. The minimum Gasteiger partial charge on any atom is -0.454 e. The predicted molar refractivity (Wildman–Crippen MR) is 72.5 cm³/mol. The van der Waals surface area contributed by atoms with Crippen molar-refractivity contribution in [3.05, 3.63) is 42.0 Å². The first-order chi connectivity index (χ1) is 9.83. The van der Waals surface area contributed by atoms with E-state index in [4.69, 9.17) is 14.2 Å². The van der Waals surface area contributed by atoms with E-state index in [0.717, 1.165) is 21.5 Å². The van der Waals surface area contributed by atoms with E-state index in [1.54, 1.807) is 6.07 Å². The minimum absolute atomic E-state index is 0.182. The highest BCUT2D eigenvalue weighted by Gasteiger charge is 2.31. The van der Waals surface area contributed by atoms with Crippen LogP contribution in [0.25, 0.3) is 21.5 Å². The molecule has 2 aliphatic heterocycles. The summed E-state index contributed by atoms with van der Waals surface area (Å²) in [6, 6.07) is 11.5. The zero-order valence-corrected chi connectivity index (χ0v) is 10.3. The Morgan fingerprint density at radius 2 is 1.85 bits per heavy atom. The average molecular weight is 264 g/mol. The van der Waals surface area contributed by atoms with Gasteiger partial charge in [-0.2, -0.15) is 0 Å². The molecule has 0 saturated heterocycles. The van der Waals surface area contributed by atoms with Crippen molar-refractivity contribution in [2.75, 3.05) is 6.79 Å². The van der Waals surface area contributed by atoms with Crippen LogP contribution in [-0.4, -0.2) is 12.8 Å². The molecule has 0 fully saturated rings. The summed E-state index contributed by atoms with van der Waals surface area (Å²) in [5, 5.41) is 3.76. The average Bonchev–Trinajstić information content (AvgIpc) is 3.05. The van der Waals surface area contributed by atoms with Crippen molar-refractivity contribution in [3.63, 3.8) is 0 Å². The summed E-state index contributed by atoms with van der Waals surface area (Å²) in [4.78, 5) is 12.0. The van der Waals surface area contributed by atoms with Crippen LogP contribution < -0.4 is 14.2 Å². The SMILES string of the molecule is O=C1Oc2cc3ccccc3c3c4c(cc1c23)OCO4. The molecule has 0 unspecified atom stereocenters. The quantitative estimate of drug-likeness (QED) is 0.355. The van der Waals surface area contributed by atoms with Crippen molar-refractivity contribution in [1.29, 1.82) is 0 Å². The summed E-state index contributed by atoms with van der Waals surface area (Å²) in [5.41, 5.74) is 0.546. The molecule has 0 N–H and O–H groups in total. The molecule has 0 amide bonds. The molecule has 3 aromatic carbocycles. The van der Waals surface area contributed by atoms with Crippen molar-refractivity contribution in [3.8, 4) is 17.2 Å². The molecule has 0 aromatic heterocycles. The van der Waals surface area contributed by atoms with Gasteiger partial charge in [0.05, 0.1) is 5.56 Å². The van der Waals surface area contributed by atoms with Gasteiger partial charge in [0.15, 0.2) is 11.5 Å². The molecule has 4 heteroatoms. The van der Waals surface area contributed by atoms with Crippen molar-refractivity contribution < 1.29 is 19.0 Å². The number of benzene rings is 3. The highest BCUT2D eigenvalue weighted by molar-refractivity contribution is 6.23. The Labute approximate surface area is 113 Å². The van der Waals surface area contributed by atoms with Crippen molar-refractivity contribution in [1.82, 2.24) is 0 Å². The lowest BCUT2D eigenvalue weighted by atomic mass is 9.97. The molecule has 2 aliphatic rings. The van der Waals surface area contributed by atoms with Crippen LogP contribution in [0.2, 0.25) is 0 Å². The van der Waals surface area contributed by atoms with Crippen molar-refractivity contribution >= 4 is 27.5 Å². The number of hydrogen-bond acceptors (Lipinski definition) is 4. The molecule has 0 atom stereocenters. The third-order valence-electron chi connectivity index (χ3n) is 3.85. The molecule has 0 spiro atoms. The fraction of sp³-hybridized carbons (Fsp3) is 0.0625. The van der Waals surface area contributed by atoms with Gasteiger partial charge in [0.25, 0.3) is 0 Å². The Morgan fingerprint density at radius 3 is 2.80 bits per heavy atom. The third-order valence-corrected chi connectivity index (χ3v) is 3.85. The molecule has 20 heavy (non-hydrogen) atoms. The molecule has 0 radical (unpaired) electrons. The first-order valence-electron chi connectivity index (χ1n) is 6.33. The Hall–Kier alpha value is -2.75. The van der Waals surface area contributed by atoms with E-state index in [1.807, 2.05) is 30.3 Å².